The molecule has 4 heteroatoms. The van der Waals surface area contributed by atoms with Crippen LogP contribution in [0.2, 0.25) is 0 Å². The summed E-state index contributed by atoms with van der Waals surface area (Å²) in [6, 6.07) is 0. The lowest BCUT2D eigenvalue weighted by Crippen LogP contribution is -2.41. The van der Waals surface area contributed by atoms with E-state index in [2.05, 4.69) is 12.2 Å². The van der Waals surface area contributed by atoms with Gasteiger partial charge in [-0.25, -0.2) is 0 Å². The largest absolute Gasteiger partial charge is 0.393 e. The topological polar surface area (TPSA) is 55.1 Å². The second-order valence-corrected chi connectivity index (χ2v) is 4.24. The fourth-order valence-corrected chi connectivity index (χ4v) is 1.64. The molecule has 0 radical (unpaired) electrons. The average molecular weight is 216 g/mol. The second-order valence-electron chi connectivity index (χ2n) is 3.77. The third kappa shape index (κ3) is 4.56. The molecule has 1 atom stereocenters. The minimum Gasteiger partial charge on any atom is -0.393 e. The lowest BCUT2D eigenvalue weighted by molar-refractivity contribution is -0.123. The smallest absolute Gasteiger partial charge is 0.230 e. The molecular formula is C10H20N2OS. The van der Waals surface area contributed by atoms with Gasteiger partial charge in [0.1, 0.15) is 0 Å². The molecule has 0 spiro atoms. The number of carbonyl (C=O) groups is 1. The van der Waals surface area contributed by atoms with Gasteiger partial charge in [-0.15, -0.1) is 0 Å². The van der Waals surface area contributed by atoms with Gasteiger partial charge in [0.2, 0.25) is 5.91 Å². The Balaban J connectivity index is 4.10. The molecule has 0 aliphatic rings. The Morgan fingerprint density at radius 2 is 2.07 bits per heavy atom. The highest BCUT2D eigenvalue weighted by Crippen LogP contribution is 2.11. The summed E-state index contributed by atoms with van der Waals surface area (Å²) in [5.41, 5.74) is 5.51. The highest BCUT2D eigenvalue weighted by atomic mass is 32.1. The molecule has 0 aliphatic carbocycles. The summed E-state index contributed by atoms with van der Waals surface area (Å²) in [6.45, 7) is 6.69. The molecule has 1 amide bonds. The Hall–Kier alpha value is -0.640. The van der Waals surface area contributed by atoms with Gasteiger partial charge in [0, 0.05) is 6.54 Å². The van der Waals surface area contributed by atoms with E-state index in [1.54, 1.807) is 0 Å². The number of hydrogen-bond donors (Lipinski definition) is 2. The van der Waals surface area contributed by atoms with Crippen molar-refractivity contribution in [3.8, 4) is 0 Å². The van der Waals surface area contributed by atoms with E-state index < -0.39 is 0 Å². The summed E-state index contributed by atoms with van der Waals surface area (Å²) in [5, 5.41) is 2.84. The number of nitrogens with two attached hydrogens (primary N) is 1. The van der Waals surface area contributed by atoms with E-state index in [0.29, 0.717) is 6.54 Å². The zero-order chi connectivity index (χ0) is 11.1. The summed E-state index contributed by atoms with van der Waals surface area (Å²) in [5.74, 6) is -0.211. The summed E-state index contributed by atoms with van der Waals surface area (Å²) >= 11 is 4.87. The number of rotatable bonds is 6. The van der Waals surface area contributed by atoms with E-state index in [9.17, 15) is 4.79 Å². The molecule has 82 valence electrons. The first-order chi connectivity index (χ1) is 6.50. The number of unbranched alkanes of at least 4 members (excludes halogenated alkanes) is 1. The first-order valence-electron chi connectivity index (χ1n) is 5.07. The van der Waals surface area contributed by atoms with Crippen LogP contribution >= 0.6 is 12.2 Å². The number of amides is 1. The quantitative estimate of drug-likeness (QED) is 0.522. The Kier molecular flexibility index (Phi) is 6.45. The van der Waals surface area contributed by atoms with Gasteiger partial charge in [-0.2, -0.15) is 0 Å². The van der Waals surface area contributed by atoms with Crippen LogP contribution in [0.15, 0.2) is 0 Å². The molecule has 14 heavy (non-hydrogen) atoms. The van der Waals surface area contributed by atoms with Crippen molar-refractivity contribution in [2.75, 3.05) is 6.54 Å². The second kappa shape index (κ2) is 6.76. The molecule has 1 unspecified atom stereocenters. The van der Waals surface area contributed by atoms with Crippen LogP contribution in [0.4, 0.5) is 0 Å². The Morgan fingerprint density at radius 1 is 1.50 bits per heavy atom. The van der Waals surface area contributed by atoms with Crippen molar-refractivity contribution in [3.05, 3.63) is 0 Å². The standard InChI is InChI=1S/C10H20N2OS/c1-4-5-6-12-10(13)8(7(2)3)9(11)14/h7-8H,4-6H2,1-3H3,(H2,11,14)(H,12,13). The van der Waals surface area contributed by atoms with Crippen LogP contribution in [0.5, 0.6) is 0 Å². The van der Waals surface area contributed by atoms with Crippen LogP contribution in [-0.4, -0.2) is 17.4 Å². The van der Waals surface area contributed by atoms with Gasteiger partial charge in [0.05, 0.1) is 10.9 Å². The van der Waals surface area contributed by atoms with Crippen LogP contribution in [0.3, 0.4) is 0 Å². The van der Waals surface area contributed by atoms with Crippen molar-refractivity contribution in [2.24, 2.45) is 17.6 Å². The maximum absolute atomic E-state index is 11.6. The van der Waals surface area contributed by atoms with E-state index in [1.165, 1.54) is 0 Å². The van der Waals surface area contributed by atoms with Crippen molar-refractivity contribution >= 4 is 23.1 Å². The average Bonchev–Trinajstić information content (AvgIpc) is 2.03. The molecule has 0 saturated carbocycles. The lowest BCUT2D eigenvalue weighted by Gasteiger charge is -2.18. The molecule has 0 aromatic heterocycles. The molecule has 0 bridgehead atoms. The molecule has 0 fully saturated rings. The summed E-state index contributed by atoms with van der Waals surface area (Å²) < 4.78 is 0. The molecular weight excluding hydrogens is 196 g/mol. The highest BCUT2D eigenvalue weighted by Gasteiger charge is 2.24. The van der Waals surface area contributed by atoms with Gasteiger partial charge in [-0.3, -0.25) is 4.79 Å². The monoisotopic (exact) mass is 216 g/mol. The van der Waals surface area contributed by atoms with Crippen LogP contribution in [0.1, 0.15) is 33.6 Å². The summed E-state index contributed by atoms with van der Waals surface area (Å²) in [4.78, 5) is 11.9. The normalized spacial score (nSPS) is 12.6. The highest BCUT2D eigenvalue weighted by molar-refractivity contribution is 7.80. The lowest BCUT2D eigenvalue weighted by atomic mass is 9.95. The summed E-state index contributed by atoms with van der Waals surface area (Å²) in [6.07, 6.45) is 2.06. The van der Waals surface area contributed by atoms with Crippen molar-refractivity contribution in [3.63, 3.8) is 0 Å². The number of hydrogen-bond acceptors (Lipinski definition) is 2. The molecule has 0 rings (SSSR count). The Morgan fingerprint density at radius 3 is 2.43 bits per heavy atom. The van der Waals surface area contributed by atoms with Gasteiger partial charge in [0.15, 0.2) is 0 Å². The molecule has 0 aliphatic heterocycles. The van der Waals surface area contributed by atoms with E-state index in [-0.39, 0.29) is 22.7 Å². The van der Waals surface area contributed by atoms with Gasteiger partial charge < -0.3 is 11.1 Å². The first kappa shape index (κ1) is 13.4. The van der Waals surface area contributed by atoms with Gasteiger partial charge in [-0.1, -0.05) is 39.4 Å². The minimum absolute atomic E-state index is 0.0408. The fourth-order valence-electron chi connectivity index (χ4n) is 1.26. The fraction of sp³-hybridized carbons (Fsp3) is 0.800. The zero-order valence-electron chi connectivity index (χ0n) is 9.17. The molecule has 0 saturated heterocycles. The van der Waals surface area contributed by atoms with Crippen molar-refractivity contribution in [2.45, 2.75) is 33.6 Å². The Bertz CT molecular complexity index is 204. The minimum atomic E-state index is -0.332. The van der Waals surface area contributed by atoms with E-state index >= 15 is 0 Å². The molecule has 3 nitrogen and oxygen atoms in total. The molecule has 3 N–H and O–H groups in total. The van der Waals surface area contributed by atoms with E-state index in [1.807, 2.05) is 13.8 Å². The van der Waals surface area contributed by atoms with Crippen LogP contribution in [0, 0.1) is 11.8 Å². The molecule has 0 heterocycles. The van der Waals surface area contributed by atoms with Gasteiger partial charge >= 0.3 is 0 Å². The number of carbonyl (C=O) groups excluding carboxylic acids is 1. The van der Waals surface area contributed by atoms with Crippen molar-refractivity contribution in [1.82, 2.24) is 5.32 Å². The van der Waals surface area contributed by atoms with Crippen LogP contribution in [0.25, 0.3) is 0 Å². The third-order valence-corrected chi connectivity index (χ3v) is 2.34. The number of nitrogens with one attached hydrogen (secondary N) is 1. The van der Waals surface area contributed by atoms with E-state index in [0.717, 1.165) is 12.8 Å². The third-order valence-electron chi connectivity index (χ3n) is 2.09. The first-order valence-corrected chi connectivity index (χ1v) is 5.48. The van der Waals surface area contributed by atoms with Gasteiger partial charge in [0.25, 0.3) is 0 Å². The van der Waals surface area contributed by atoms with Crippen molar-refractivity contribution in [1.29, 1.82) is 0 Å². The SMILES string of the molecule is CCCCNC(=O)C(C(N)=S)C(C)C. The van der Waals surface area contributed by atoms with Crippen molar-refractivity contribution < 1.29 is 4.79 Å². The van der Waals surface area contributed by atoms with Crippen LogP contribution in [-0.2, 0) is 4.79 Å². The molecule has 0 aromatic carbocycles. The number of thiocarbonyl (C=S) groups is 1. The predicted octanol–water partition coefficient (Wildman–Crippen LogP) is 1.46. The maximum Gasteiger partial charge on any atom is 0.230 e. The van der Waals surface area contributed by atoms with Gasteiger partial charge in [-0.05, 0) is 12.3 Å². The van der Waals surface area contributed by atoms with Crippen LogP contribution < -0.4 is 11.1 Å². The zero-order valence-corrected chi connectivity index (χ0v) is 9.99. The maximum atomic E-state index is 11.6. The molecule has 0 aromatic rings. The van der Waals surface area contributed by atoms with E-state index in [4.69, 9.17) is 18.0 Å². The summed E-state index contributed by atoms with van der Waals surface area (Å²) in [7, 11) is 0. The predicted molar refractivity (Wildman–Crippen MR) is 63.0 cm³/mol. The Labute approximate surface area is 91.4 Å².